The maximum absolute atomic E-state index is 11.8. The number of carbonyl (C=O) groups excluding carboxylic acids is 1. The van der Waals surface area contributed by atoms with E-state index in [4.69, 9.17) is 4.74 Å². The maximum atomic E-state index is 11.8. The minimum atomic E-state index is -0.182. The minimum absolute atomic E-state index is 0.182. The van der Waals surface area contributed by atoms with Crippen LogP contribution in [-0.2, 0) is 4.74 Å². The van der Waals surface area contributed by atoms with Crippen molar-refractivity contribution in [2.45, 2.75) is 41.5 Å². The van der Waals surface area contributed by atoms with Crippen LogP contribution in [0.5, 0.6) is 0 Å². The Morgan fingerprint density at radius 3 is 2.28 bits per heavy atom. The average molecular weight is 253 g/mol. The van der Waals surface area contributed by atoms with E-state index in [9.17, 15) is 4.79 Å². The smallest absolute Gasteiger partial charge is 0.409 e. The lowest BCUT2D eigenvalue weighted by Crippen LogP contribution is -2.31. The number of ether oxygens (including phenoxy) is 1. The normalized spacial score (nSPS) is 24.3. The first-order chi connectivity index (χ1) is 8.34. The van der Waals surface area contributed by atoms with Crippen molar-refractivity contribution in [2.75, 3.05) is 19.7 Å². The number of carbonyl (C=O) groups is 1. The summed E-state index contributed by atoms with van der Waals surface area (Å²) >= 11 is 0. The van der Waals surface area contributed by atoms with Gasteiger partial charge in [-0.15, -0.1) is 0 Å². The van der Waals surface area contributed by atoms with Crippen LogP contribution in [-0.4, -0.2) is 30.7 Å². The predicted molar refractivity (Wildman–Crippen MR) is 74.5 cm³/mol. The van der Waals surface area contributed by atoms with Crippen LogP contribution in [0.4, 0.5) is 4.79 Å². The first-order valence-corrected chi connectivity index (χ1v) is 6.91. The van der Waals surface area contributed by atoms with Gasteiger partial charge in [-0.05, 0) is 39.0 Å². The number of hydrogen-bond acceptors (Lipinski definition) is 2. The highest BCUT2D eigenvalue weighted by atomic mass is 16.6. The quantitative estimate of drug-likeness (QED) is 0.699. The topological polar surface area (TPSA) is 29.5 Å². The molecule has 0 bridgehead atoms. The number of allylic oxidation sites excluding steroid dienone is 2. The number of rotatable bonds is 5. The summed E-state index contributed by atoms with van der Waals surface area (Å²) in [4.78, 5) is 13.5. The summed E-state index contributed by atoms with van der Waals surface area (Å²) in [6.45, 7) is 14.6. The van der Waals surface area contributed by atoms with Crippen molar-refractivity contribution in [3.63, 3.8) is 0 Å². The Morgan fingerprint density at radius 2 is 1.83 bits per heavy atom. The molecule has 18 heavy (non-hydrogen) atoms. The fraction of sp³-hybridized carbons (Fsp3) is 0.800. The van der Waals surface area contributed by atoms with Gasteiger partial charge < -0.3 is 9.64 Å². The van der Waals surface area contributed by atoms with Gasteiger partial charge in [-0.1, -0.05) is 25.5 Å². The maximum Gasteiger partial charge on any atom is 0.409 e. The van der Waals surface area contributed by atoms with Crippen molar-refractivity contribution >= 4 is 6.09 Å². The summed E-state index contributed by atoms with van der Waals surface area (Å²) in [5, 5.41) is 0. The first kappa shape index (κ1) is 15.1. The fourth-order valence-electron chi connectivity index (χ4n) is 2.53. The number of nitrogens with zero attached hydrogens (tertiary/aromatic N) is 1. The molecule has 0 radical (unpaired) electrons. The van der Waals surface area contributed by atoms with Gasteiger partial charge in [0.15, 0.2) is 0 Å². The molecule has 1 rings (SSSR count). The van der Waals surface area contributed by atoms with E-state index in [0.717, 1.165) is 0 Å². The summed E-state index contributed by atoms with van der Waals surface area (Å²) in [7, 11) is 0. The second-order valence-electron chi connectivity index (χ2n) is 5.95. The Bertz CT molecular complexity index is 325. The van der Waals surface area contributed by atoms with Crippen molar-refractivity contribution in [2.24, 2.45) is 17.3 Å². The zero-order chi connectivity index (χ0) is 13.9. The molecule has 0 aromatic rings. The van der Waals surface area contributed by atoms with E-state index in [-0.39, 0.29) is 11.5 Å². The number of amides is 1. The third-order valence-electron chi connectivity index (χ3n) is 4.06. The van der Waals surface area contributed by atoms with Gasteiger partial charge in [0.05, 0.1) is 6.61 Å². The van der Waals surface area contributed by atoms with Crippen LogP contribution in [0.1, 0.15) is 41.5 Å². The van der Waals surface area contributed by atoms with Crippen molar-refractivity contribution in [1.82, 2.24) is 4.90 Å². The summed E-state index contributed by atoms with van der Waals surface area (Å²) in [6.07, 6.45) is 2.12. The Balaban J connectivity index is 2.46. The summed E-state index contributed by atoms with van der Waals surface area (Å²) < 4.78 is 5.42. The third kappa shape index (κ3) is 3.27. The van der Waals surface area contributed by atoms with Gasteiger partial charge in [-0.2, -0.15) is 0 Å². The van der Waals surface area contributed by atoms with Crippen LogP contribution in [0.25, 0.3) is 0 Å². The minimum Gasteiger partial charge on any atom is -0.449 e. The van der Waals surface area contributed by atoms with E-state index >= 15 is 0 Å². The molecule has 1 saturated carbocycles. The number of hydrogen-bond donors (Lipinski definition) is 0. The van der Waals surface area contributed by atoms with Crippen LogP contribution in [0.3, 0.4) is 0 Å². The lowest BCUT2D eigenvalue weighted by atomic mass is 10.1. The van der Waals surface area contributed by atoms with Crippen LogP contribution in [0, 0.1) is 17.3 Å². The fourth-order valence-corrected chi connectivity index (χ4v) is 2.53. The molecule has 1 aliphatic carbocycles. The summed E-state index contributed by atoms with van der Waals surface area (Å²) in [5.74, 6) is 1.01. The van der Waals surface area contributed by atoms with Crippen LogP contribution < -0.4 is 0 Å². The molecular weight excluding hydrogens is 226 g/mol. The van der Waals surface area contributed by atoms with E-state index in [1.807, 2.05) is 13.8 Å². The molecule has 0 aliphatic heterocycles. The molecule has 0 unspecified atom stereocenters. The molecule has 0 heterocycles. The van der Waals surface area contributed by atoms with E-state index in [0.29, 0.717) is 31.5 Å². The second kappa shape index (κ2) is 5.77. The van der Waals surface area contributed by atoms with Gasteiger partial charge in [-0.3, -0.25) is 0 Å². The molecule has 104 valence electrons. The lowest BCUT2D eigenvalue weighted by molar-refractivity contribution is 0.0981. The predicted octanol–water partition coefficient (Wildman–Crippen LogP) is 3.70. The second-order valence-corrected chi connectivity index (χ2v) is 5.95. The zero-order valence-corrected chi connectivity index (χ0v) is 12.6. The monoisotopic (exact) mass is 253 g/mol. The Kier molecular flexibility index (Phi) is 4.83. The van der Waals surface area contributed by atoms with E-state index in [2.05, 4.69) is 33.8 Å². The van der Waals surface area contributed by atoms with Crippen LogP contribution in [0.15, 0.2) is 11.6 Å². The molecule has 3 heteroatoms. The van der Waals surface area contributed by atoms with Gasteiger partial charge in [0.1, 0.15) is 0 Å². The van der Waals surface area contributed by atoms with Crippen LogP contribution >= 0.6 is 0 Å². The summed E-state index contributed by atoms with van der Waals surface area (Å²) in [6, 6.07) is 0. The molecule has 0 saturated heterocycles. The highest BCUT2D eigenvalue weighted by molar-refractivity contribution is 5.67. The lowest BCUT2D eigenvalue weighted by Gasteiger charge is -2.18. The molecule has 1 aliphatic rings. The van der Waals surface area contributed by atoms with Gasteiger partial charge >= 0.3 is 6.09 Å². The molecule has 1 amide bonds. The molecular formula is C15H27NO2. The van der Waals surface area contributed by atoms with Gasteiger partial charge in [0, 0.05) is 19.0 Å². The van der Waals surface area contributed by atoms with E-state index in [1.165, 1.54) is 5.57 Å². The van der Waals surface area contributed by atoms with Crippen molar-refractivity contribution in [3.8, 4) is 0 Å². The first-order valence-electron chi connectivity index (χ1n) is 6.91. The molecule has 0 N–H and O–H groups in total. The largest absolute Gasteiger partial charge is 0.449 e. The van der Waals surface area contributed by atoms with Crippen molar-refractivity contribution < 1.29 is 9.53 Å². The van der Waals surface area contributed by atoms with Gasteiger partial charge in [0.2, 0.25) is 0 Å². The zero-order valence-electron chi connectivity index (χ0n) is 12.6. The van der Waals surface area contributed by atoms with E-state index < -0.39 is 0 Å². The SMILES string of the molecule is CCN(CC)C(=O)OC[C@H]1[C@@H](C=C(C)C)C1(C)C. The van der Waals surface area contributed by atoms with Gasteiger partial charge in [0.25, 0.3) is 0 Å². The summed E-state index contributed by atoms with van der Waals surface area (Å²) in [5.41, 5.74) is 1.60. The molecule has 3 nitrogen and oxygen atoms in total. The Labute approximate surface area is 111 Å². The Hall–Kier alpha value is -0.990. The highest BCUT2D eigenvalue weighted by Gasteiger charge is 2.56. The molecule has 1 fully saturated rings. The highest BCUT2D eigenvalue weighted by Crippen LogP contribution is 2.59. The van der Waals surface area contributed by atoms with Gasteiger partial charge in [-0.25, -0.2) is 4.79 Å². The standard InChI is InChI=1S/C15H27NO2/c1-7-16(8-2)14(17)18-10-13-12(9-11(3)4)15(13,5)6/h9,12-13H,7-8,10H2,1-6H3/t12-,13+/m1/s1. The third-order valence-corrected chi connectivity index (χ3v) is 4.06. The van der Waals surface area contributed by atoms with E-state index in [1.54, 1.807) is 4.90 Å². The average Bonchev–Trinajstić information content (AvgIpc) is 2.78. The molecule has 0 spiro atoms. The van der Waals surface area contributed by atoms with Crippen LogP contribution in [0.2, 0.25) is 0 Å². The molecule has 2 atom stereocenters. The molecule has 0 aromatic heterocycles. The Morgan fingerprint density at radius 1 is 1.28 bits per heavy atom. The van der Waals surface area contributed by atoms with Crippen molar-refractivity contribution in [1.29, 1.82) is 0 Å². The molecule has 0 aromatic carbocycles. The van der Waals surface area contributed by atoms with Crippen molar-refractivity contribution in [3.05, 3.63) is 11.6 Å².